The number of amides is 1. The molecule has 7 heteroatoms. The Hall–Kier alpha value is -2.44. The van der Waals surface area contributed by atoms with Crippen LogP contribution in [0.3, 0.4) is 0 Å². The molecule has 4 rings (SSSR count). The van der Waals surface area contributed by atoms with Crippen LogP contribution in [0.15, 0.2) is 24.5 Å². The summed E-state index contributed by atoms with van der Waals surface area (Å²) >= 11 is 0. The van der Waals surface area contributed by atoms with Crippen molar-refractivity contribution < 1.29 is 4.79 Å². The van der Waals surface area contributed by atoms with E-state index >= 15 is 0 Å². The topological polar surface area (TPSA) is 78.0 Å². The van der Waals surface area contributed by atoms with Crippen LogP contribution >= 0.6 is 0 Å². The molecule has 114 valence electrons. The van der Waals surface area contributed by atoms with Gasteiger partial charge in [0.25, 0.3) is 5.91 Å². The number of aromatic nitrogens is 4. The summed E-state index contributed by atoms with van der Waals surface area (Å²) in [5, 5.41) is 15.2. The first-order valence-corrected chi connectivity index (χ1v) is 7.68. The predicted octanol–water partition coefficient (Wildman–Crippen LogP) is 1.04. The lowest BCUT2D eigenvalue weighted by Gasteiger charge is -2.35. The van der Waals surface area contributed by atoms with Gasteiger partial charge in [-0.1, -0.05) is 0 Å². The molecular formula is C15H18N6O. The number of anilines is 1. The number of hydrogen-bond donors (Lipinski definition) is 1. The molecule has 2 aromatic rings. The summed E-state index contributed by atoms with van der Waals surface area (Å²) < 4.78 is 0. The number of nitrogens with zero attached hydrogens (tertiary/aromatic N) is 5. The zero-order chi connectivity index (χ0) is 14.9. The minimum absolute atomic E-state index is 0.0311. The molecule has 1 amide bonds. The van der Waals surface area contributed by atoms with E-state index < -0.39 is 0 Å². The number of rotatable bonds is 3. The zero-order valence-corrected chi connectivity index (χ0v) is 12.3. The van der Waals surface area contributed by atoms with E-state index in [0.717, 1.165) is 24.6 Å². The van der Waals surface area contributed by atoms with Crippen LogP contribution < -0.4 is 4.90 Å². The van der Waals surface area contributed by atoms with E-state index in [9.17, 15) is 4.79 Å². The highest BCUT2D eigenvalue weighted by Gasteiger charge is 2.26. The Bertz CT molecular complexity index is 641. The maximum Gasteiger partial charge on any atom is 0.257 e. The Morgan fingerprint density at radius 1 is 1.14 bits per heavy atom. The van der Waals surface area contributed by atoms with Gasteiger partial charge in [-0.15, -0.1) is 5.10 Å². The molecular weight excluding hydrogens is 280 g/mol. The Morgan fingerprint density at radius 2 is 1.95 bits per heavy atom. The second-order valence-corrected chi connectivity index (χ2v) is 5.86. The number of H-pyrrole nitrogens is 1. The fourth-order valence-electron chi connectivity index (χ4n) is 2.79. The summed E-state index contributed by atoms with van der Waals surface area (Å²) in [5.41, 5.74) is 1.72. The van der Waals surface area contributed by atoms with E-state index in [-0.39, 0.29) is 5.91 Å². The second-order valence-electron chi connectivity index (χ2n) is 5.86. The van der Waals surface area contributed by atoms with Gasteiger partial charge in [0.1, 0.15) is 0 Å². The Morgan fingerprint density at radius 3 is 2.55 bits per heavy atom. The molecule has 1 aliphatic carbocycles. The molecule has 2 fully saturated rings. The summed E-state index contributed by atoms with van der Waals surface area (Å²) in [6.45, 7) is 2.94. The van der Waals surface area contributed by atoms with Crippen molar-refractivity contribution in [2.24, 2.45) is 0 Å². The van der Waals surface area contributed by atoms with Gasteiger partial charge >= 0.3 is 0 Å². The summed E-state index contributed by atoms with van der Waals surface area (Å²) in [6.07, 6.45) is 5.68. The van der Waals surface area contributed by atoms with E-state index in [1.54, 1.807) is 12.4 Å². The lowest BCUT2D eigenvalue weighted by Crippen LogP contribution is -2.49. The van der Waals surface area contributed by atoms with Crippen molar-refractivity contribution in [3.63, 3.8) is 0 Å². The molecule has 1 saturated heterocycles. The molecule has 22 heavy (non-hydrogen) atoms. The first-order valence-electron chi connectivity index (χ1n) is 7.68. The van der Waals surface area contributed by atoms with E-state index in [1.807, 2.05) is 11.0 Å². The SMILES string of the molecule is O=C(c1cn[nH]c1)N1CCN(c2ccc(C3CC3)nn2)CC1. The average Bonchev–Trinajstić information content (AvgIpc) is 3.29. The van der Waals surface area contributed by atoms with Gasteiger partial charge in [0.05, 0.1) is 17.5 Å². The average molecular weight is 298 g/mol. The van der Waals surface area contributed by atoms with Crippen molar-refractivity contribution in [3.05, 3.63) is 35.8 Å². The summed E-state index contributed by atoms with van der Waals surface area (Å²) in [5.74, 6) is 1.56. The lowest BCUT2D eigenvalue weighted by atomic mass is 10.2. The first-order chi connectivity index (χ1) is 10.8. The fourth-order valence-corrected chi connectivity index (χ4v) is 2.79. The molecule has 0 bridgehead atoms. The monoisotopic (exact) mass is 298 g/mol. The highest BCUT2D eigenvalue weighted by atomic mass is 16.2. The fraction of sp³-hybridized carbons (Fsp3) is 0.467. The first kappa shape index (κ1) is 13.2. The number of piperazine rings is 1. The van der Waals surface area contributed by atoms with Gasteiger partial charge in [-0.2, -0.15) is 10.2 Å². The minimum atomic E-state index is 0.0311. The maximum atomic E-state index is 12.3. The van der Waals surface area contributed by atoms with Crippen LogP contribution in [0, 0.1) is 0 Å². The third-order valence-electron chi connectivity index (χ3n) is 4.30. The molecule has 0 aromatic carbocycles. The molecule has 2 aromatic heterocycles. The van der Waals surface area contributed by atoms with Crippen molar-refractivity contribution in [3.8, 4) is 0 Å². The Labute approximate surface area is 128 Å². The van der Waals surface area contributed by atoms with Crippen LogP contribution in [0.2, 0.25) is 0 Å². The van der Waals surface area contributed by atoms with Crippen LogP contribution in [-0.2, 0) is 0 Å². The van der Waals surface area contributed by atoms with Crippen LogP contribution in [0.4, 0.5) is 5.82 Å². The third kappa shape index (κ3) is 2.54. The zero-order valence-electron chi connectivity index (χ0n) is 12.3. The highest BCUT2D eigenvalue weighted by molar-refractivity contribution is 5.93. The van der Waals surface area contributed by atoms with E-state index in [1.165, 1.54) is 12.8 Å². The van der Waals surface area contributed by atoms with Crippen molar-refractivity contribution in [2.75, 3.05) is 31.1 Å². The summed E-state index contributed by atoms with van der Waals surface area (Å²) in [4.78, 5) is 16.3. The summed E-state index contributed by atoms with van der Waals surface area (Å²) in [6, 6.07) is 4.14. The molecule has 7 nitrogen and oxygen atoms in total. The van der Waals surface area contributed by atoms with E-state index in [2.05, 4.69) is 31.4 Å². The minimum Gasteiger partial charge on any atom is -0.352 e. The lowest BCUT2D eigenvalue weighted by molar-refractivity contribution is 0.0746. The molecule has 2 aliphatic rings. The Kier molecular flexibility index (Phi) is 3.25. The predicted molar refractivity (Wildman–Crippen MR) is 80.7 cm³/mol. The smallest absolute Gasteiger partial charge is 0.257 e. The van der Waals surface area contributed by atoms with Gasteiger partial charge in [0.15, 0.2) is 5.82 Å². The normalized spacial score (nSPS) is 18.5. The molecule has 0 spiro atoms. The van der Waals surface area contributed by atoms with Crippen molar-refractivity contribution in [2.45, 2.75) is 18.8 Å². The molecule has 3 heterocycles. The van der Waals surface area contributed by atoms with Gasteiger partial charge in [-0.3, -0.25) is 9.89 Å². The Balaban J connectivity index is 1.38. The standard InChI is InChI=1S/C15H18N6O/c22-15(12-9-16-17-10-12)21-7-5-20(6-8-21)14-4-3-13(18-19-14)11-1-2-11/h3-4,9-11H,1-2,5-8H2,(H,16,17). The molecule has 0 unspecified atom stereocenters. The molecule has 0 atom stereocenters. The number of aromatic amines is 1. The third-order valence-corrected chi connectivity index (χ3v) is 4.30. The van der Waals surface area contributed by atoms with Crippen LogP contribution in [0.1, 0.15) is 34.8 Å². The molecule has 1 saturated carbocycles. The van der Waals surface area contributed by atoms with Crippen molar-refractivity contribution >= 4 is 11.7 Å². The number of nitrogens with one attached hydrogen (secondary N) is 1. The van der Waals surface area contributed by atoms with Gasteiger partial charge in [-0.05, 0) is 25.0 Å². The molecule has 1 N–H and O–H groups in total. The number of hydrogen-bond acceptors (Lipinski definition) is 5. The van der Waals surface area contributed by atoms with Crippen LogP contribution in [0.25, 0.3) is 0 Å². The highest BCUT2D eigenvalue weighted by Crippen LogP contribution is 2.38. The van der Waals surface area contributed by atoms with Crippen molar-refractivity contribution in [1.29, 1.82) is 0 Å². The van der Waals surface area contributed by atoms with E-state index in [4.69, 9.17) is 0 Å². The van der Waals surface area contributed by atoms with E-state index in [0.29, 0.717) is 24.6 Å². The van der Waals surface area contributed by atoms with Gasteiger partial charge in [-0.25, -0.2) is 0 Å². The number of carbonyl (C=O) groups excluding carboxylic acids is 1. The van der Waals surface area contributed by atoms with Crippen LogP contribution in [-0.4, -0.2) is 57.4 Å². The largest absolute Gasteiger partial charge is 0.352 e. The number of carbonyl (C=O) groups is 1. The maximum absolute atomic E-state index is 12.3. The quantitative estimate of drug-likeness (QED) is 0.916. The van der Waals surface area contributed by atoms with Gasteiger partial charge in [0, 0.05) is 38.3 Å². The molecule has 1 aliphatic heterocycles. The molecule has 0 radical (unpaired) electrons. The van der Waals surface area contributed by atoms with Gasteiger partial charge < -0.3 is 9.80 Å². The second kappa shape index (κ2) is 5.40. The van der Waals surface area contributed by atoms with Gasteiger partial charge in [0.2, 0.25) is 0 Å². The van der Waals surface area contributed by atoms with Crippen LogP contribution in [0.5, 0.6) is 0 Å². The van der Waals surface area contributed by atoms with Crippen molar-refractivity contribution in [1.82, 2.24) is 25.3 Å². The summed E-state index contributed by atoms with van der Waals surface area (Å²) in [7, 11) is 0.